The van der Waals surface area contributed by atoms with Gasteiger partial charge in [0.25, 0.3) is 0 Å². The number of aliphatic hydroxyl groups is 1. The van der Waals surface area contributed by atoms with Gasteiger partial charge in [0, 0.05) is 6.42 Å². The van der Waals surface area contributed by atoms with Gasteiger partial charge in [-0.2, -0.15) is 18.3 Å². The van der Waals surface area contributed by atoms with Gasteiger partial charge in [0.1, 0.15) is 17.4 Å². The van der Waals surface area contributed by atoms with Gasteiger partial charge in [-0.3, -0.25) is 9.58 Å². The molecule has 0 radical (unpaired) electrons. The van der Waals surface area contributed by atoms with Gasteiger partial charge in [0.05, 0.1) is 35.7 Å². The van der Waals surface area contributed by atoms with E-state index in [1.165, 1.54) is 4.90 Å². The topological polar surface area (TPSA) is 86.0 Å². The molecular formula is C32H35ClF3N3O5. The summed E-state index contributed by atoms with van der Waals surface area (Å²) in [4.78, 5) is 15.1. The molecule has 0 bridgehead atoms. The van der Waals surface area contributed by atoms with Crippen LogP contribution in [0.5, 0.6) is 5.75 Å². The highest BCUT2D eigenvalue weighted by Crippen LogP contribution is 2.49. The Balaban J connectivity index is 1.64. The standard InChI is InChI=1S/C32H35ClF3N3O5/c1-5-42-30(40)27-28(22-17-37-39(29(22)32(34,35)36)21-15-31(4,41)16-21)44-25(14-19(2)3)38(27)23-12-9-13-24(26(23)33)43-18-20-10-7-6-8-11-20/h6-13,17,19,21,25,41H,5,14-16,18H2,1-4H3. The molecule has 1 aliphatic heterocycles. The second-order valence-corrected chi connectivity index (χ2v) is 12.1. The van der Waals surface area contributed by atoms with Gasteiger partial charge in [-0.05, 0) is 50.3 Å². The van der Waals surface area contributed by atoms with Crippen LogP contribution in [0.15, 0.2) is 60.4 Å². The lowest BCUT2D eigenvalue weighted by molar-refractivity contribution is -0.149. The number of rotatable bonds is 10. The number of carbonyl (C=O) groups excluding carboxylic acids is 1. The predicted octanol–water partition coefficient (Wildman–Crippen LogP) is 7.36. The molecule has 236 valence electrons. The molecular weight excluding hydrogens is 599 g/mol. The molecule has 2 aliphatic rings. The highest BCUT2D eigenvalue weighted by Gasteiger charge is 2.49. The maximum Gasteiger partial charge on any atom is 0.433 e. The van der Waals surface area contributed by atoms with Gasteiger partial charge in [-0.15, -0.1) is 0 Å². The van der Waals surface area contributed by atoms with Crippen LogP contribution in [0.3, 0.4) is 0 Å². The largest absolute Gasteiger partial charge is 0.487 e. The Labute approximate surface area is 259 Å². The van der Waals surface area contributed by atoms with Gasteiger partial charge in [-0.1, -0.05) is 61.8 Å². The summed E-state index contributed by atoms with van der Waals surface area (Å²) in [7, 11) is 0. The number of benzene rings is 2. The molecule has 8 nitrogen and oxygen atoms in total. The molecule has 2 aromatic carbocycles. The SMILES string of the molecule is CCOC(=O)C1=C(c2cnn(C3CC(C)(O)C3)c2C(F)(F)F)OC(CC(C)C)N1c1cccc(OCc2ccccc2)c1Cl. The van der Waals surface area contributed by atoms with E-state index in [0.717, 1.165) is 16.4 Å². The van der Waals surface area contributed by atoms with E-state index in [1.54, 1.807) is 32.0 Å². The van der Waals surface area contributed by atoms with Gasteiger partial charge in [0.2, 0.25) is 0 Å². The third-order valence-corrected chi connectivity index (χ3v) is 7.96. The van der Waals surface area contributed by atoms with Crippen molar-refractivity contribution in [3.8, 4) is 5.75 Å². The van der Waals surface area contributed by atoms with Crippen LogP contribution >= 0.6 is 11.6 Å². The van der Waals surface area contributed by atoms with Gasteiger partial charge < -0.3 is 19.3 Å². The van der Waals surface area contributed by atoms with Crippen molar-refractivity contribution in [1.29, 1.82) is 0 Å². The second kappa shape index (κ2) is 12.4. The number of aromatic nitrogens is 2. The fourth-order valence-electron chi connectivity index (χ4n) is 5.66. The Morgan fingerprint density at radius 1 is 1.18 bits per heavy atom. The number of carbonyl (C=O) groups is 1. The number of hydrogen-bond acceptors (Lipinski definition) is 7. The van der Waals surface area contributed by atoms with Crippen LogP contribution in [0.25, 0.3) is 5.76 Å². The molecule has 1 fully saturated rings. The molecule has 44 heavy (non-hydrogen) atoms. The number of anilines is 1. The number of esters is 1. The van der Waals surface area contributed by atoms with Crippen molar-refractivity contribution >= 4 is 29.0 Å². The second-order valence-electron chi connectivity index (χ2n) is 11.7. The zero-order valence-electron chi connectivity index (χ0n) is 24.9. The summed E-state index contributed by atoms with van der Waals surface area (Å²) in [5.74, 6) is -0.810. The van der Waals surface area contributed by atoms with Crippen molar-refractivity contribution in [2.24, 2.45) is 5.92 Å². The van der Waals surface area contributed by atoms with E-state index in [4.69, 9.17) is 25.8 Å². The first kappa shape index (κ1) is 31.7. The van der Waals surface area contributed by atoms with Crippen LogP contribution in [-0.2, 0) is 27.1 Å². The molecule has 5 rings (SSSR count). The summed E-state index contributed by atoms with van der Waals surface area (Å²) in [6.07, 6.45) is -4.11. The van der Waals surface area contributed by atoms with Crippen molar-refractivity contribution in [1.82, 2.24) is 9.78 Å². The Hall–Kier alpha value is -3.70. The summed E-state index contributed by atoms with van der Waals surface area (Å²) in [5.41, 5.74) is -1.53. The summed E-state index contributed by atoms with van der Waals surface area (Å²) in [5, 5.41) is 14.5. The van der Waals surface area contributed by atoms with Crippen LogP contribution in [0.4, 0.5) is 18.9 Å². The zero-order chi connectivity index (χ0) is 31.8. The molecule has 2 heterocycles. The first-order chi connectivity index (χ1) is 20.8. The number of alkyl halides is 3. The molecule has 12 heteroatoms. The predicted molar refractivity (Wildman–Crippen MR) is 159 cm³/mol. The fraction of sp³-hybridized carbons (Fsp3) is 0.438. The summed E-state index contributed by atoms with van der Waals surface area (Å²) < 4.78 is 62.6. The summed E-state index contributed by atoms with van der Waals surface area (Å²) in [6, 6.07) is 13.8. The Morgan fingerprint density at radius 2 is 1.89 bits per heavy atom. The molecule has 0 spiro atoms. The third-order valence-electron chi connectivity index (χ3n) is 7.58. The molecule has 1 unspecified atom stereocenters. The first-order valence-electron chi connectivity index (χ1n) is 14.5. The van der Waals surface area contributed by atoms with E-state index >= 15 is 0 Å². The molecule has 1 atom stereocenters. The molecule has 0 amide bonds. The van der Waals surface area contributed by atoms with E-state index < -0.39 is 41.3 Å². The van der Waals surface area contributed by atoms with E-state index in [1.807, 2.05) is 44.2 Å². The van der Waals surface area contributed by atoms with Crippen LogP contribution in [0.2, 0.25) is 5.02 Å². The lowest BCUT2D eigenvalue weighted by atomic mass is 9.77. The van der Waals surface area contributed by atoms with E-state index in [0.29, 0.717) is 17.9 Å². The van der Waals surface area contributed by atoms with Crippen LogP contribution in [0, 0.1) is 5.92 Å². The van der Waals surface area contributed by atoms with Gasteiger partial charge in [0.15, 0.2) is 23.4 Å². The number of nitrogens with zero attached hydrogens (tertiary/aromatic N) is 3. The van der Waals surface area contributed by atoms with E-state index in [2.05, 4.69) is 5.10 Å². The molecule has 1 N–H and O–H groups in total. The van der Waals surface area contributed by atoms with Gasteiger partial charge >= 0.3 is 12.1 Å². The number of ether oxygens (including phenoxy) is 3. The average molecular weight is 634 g/mol. The normalized spacial score (nSPS) is 21.8. The van der Waals surface area contributed by atoms with E-state index in [-0.39, 0.29) is 48.5 Å². The summed E-state index contributed by atoms with van der Waals surface area (Å²) in [6.45, 7) is 7.26. The van der Waals surface area contributed by atoms with Crippen LogP contribution in [-0.4, -0.2) is 39.3 Å². The fourth-order valence-corrected chi connectivity index (χ4v) is 5.93. The molecule has 3 aromatic rings. The van der Waals surface area contributed by atoms with Crippen molar-refractivity contribution < 1.29 is 37.3 Å². The van der Waals surface area contributed by atoms with Gasteiger partial charge in [-0.25, -0.2) is 4.79 Å². The average Bonchev–Trinajstić information content (AvgIpc) is 3.54. The molecule has 0 saturated heterocycles. The Kier molecular flexibility index (Phi) is 8.91. The Bertz CT molecular complexity index is 1530. The molecule has 1 aromatic heterocycles. The highest BCUT2D eigenvalue weighted by atomic mass is 35.5. The Morgan fingerprint density at radius 3 is 2.50 bits per heavy atom. The lowest BCUT2D eigenvalue weighted by Crippen LogP contribution is -2.43. The van der Waals surface area contributed by atoms with E-state index in [9.17, 15) is 23.1 Å². The monoisotopic (exact) mass is 633 g/mol. The maximum atomic E-state index is 14.7. The quantitative estimate of drug-likeness (QED) is 0.234. The third kappa shape index (κ3) is 6.39. The minimum absolute atomic E-state index is 0.0190. The van der Waals surface area contributed by atoms with Crippen molar-refractivity contribution in [3.63, 3.8) is 0 Å². The number of hydrogen-bond donors (Lipinski definition) is 1. The zero-order valence-corrected chi connectivity index (χ0v) is 25.7. The van der Waals surface area contributed by atoms with Crippen molar-refractivity contribution in [3.05, 3.63) is 82.3 Å². The maximum absolute atomic E-state index is 14.7. The minimum Gasteiger partial charge on any atom is -0.487 e. The molecule has 1 saturated carbocycles. The van der Waals surface area contributed by atoms with Crippen LogP contribution in [0.1, 0.15) is 69.8 Å². The first-order valence-corrected chi connectivity index (χ1v) is 14.9. The van der Waals surface area contributed by atoms with Crippen molar-refractivity contribution in [2.45, 2.75) is 77.6 Å². The molecule has 1 aliphatic carbocycles. The highest BCUT2D eigenvalue weighted by molar-refractivity contribution is 6.35. The minimum atomic E-state index is -4.84. The summed E-state index contributed by atoms with van der Waals surface area (Å²) >= 11 is 6.88. The number of halogens is 4. The lowest BCUT2D eigenvalue weighted by Gasteiger charge is -2.41. The van der Waals surface area contributed by atoms with Crippen molar-refractivity contribution in [2.75, 3.05) is 11.5 Å². The smallest absolute Gasteiger partial charge is 0.433 e. The van der Waals surface area contributed by atoms with Crippen LogP contribution < -0.4 is 9.64 Å².